The molecule has 0 aromatic heterocycles. The molecule has 56 valence electrons. The maximum atomic E-state index is 4.34. The molecule has 0 amide bonds. The maximum Gasteiger partial charge on any atom is 1.00 e. The number of thiol groups is 1. The zero-order valence-electron chi connectivity index (χ0n) is 8.33. The molecule has 1 aromatic rings. The summed E-state index contributed by atoms with van der Waals surface area (Å²) < 4.78 is 0. The Balaban J connectivity index is 0. The second kappa shape index (κ2) is 4.93. The molecule has 11 heavy (non-hydrogen) atoms. The van der Waals surface area contributed by atoms with Crippen molar-refractivity contribution in [3.8, 4) is 0 Å². The molecule has 0 aliphatic rings. The van der Waals surface area contributed by atoms with Crippen LogP contribution >= 0.6 is 12.6 Å². The SMILES string of the molecule is CC(C)c1ccccc1S.[H-].[Li+]. The molecular formula is C9H13LiS. The van der Waals surface area contributed by atoms with Gasteiger partial charge in [-0.2, -0.15) is 0 Å². The van der Waals surface area contributed by atoms with Crippen LogP contribution in [-0.2, 0) is 0 Å². The Bertz CT molecular complexity index is 226. The van der Waals surface area contributed by atoms with Gasteiger partial charge in [0.05, 0.1) is 0 Å². The van der Waals surface area contributed by atoms with Gasteiger partial charge in [-0.1, -0.05) is 32.0 Å². The van der Waals surface area contributed by atoms with Crippen molar-refractivity contribution in [1.82, 2.24) is 0 Å². The van der Waals surface area contributed by atoms with E-state index >= 15 is 0 Å². The van der Waals surface area contributed by atoms with Gasteiger partial charge in [-0.05, 0) is 17.5 Å². The van der Waals surface area contributed by atoms with E-state index in [0.29, 0.717) is 5.92 Å². The minimum atomic E-state index is 0. The van der Waals surface area contributed by atoms with Gasteiger partial charge < -0.3 is 1.43 Å². The fourth-order valence-corrected chi connectivity index (χ4v) is 1.39. The first-order valence-electron chi connectivity index (χ1n) is 3.49. The third-order valence-corrected chi connectivity index (χ3v) is 1.97. The van der Waals surface area contributed by atoms with Crippen molar-refractivity contribution in [2.24, 2.45) is 0 Å². The molecule has 0 heterocycles. The molecule has 2 heteroatoms. The Hall–Kier alpha value is 0.167. The molecular weight excluding hydrogens is 147 g/mol. The van der Waals surface area contributed by atoms with Crippen LogP contribution in [0.5, 0.6) is 0 Å². The summed E-state index contributed by atoms with van der Waals surface area (Å²) in [7, 11) is 0. The van der Waals surface area contributed by atoms with E-state index in [0.717, 1.165) is 4.90 Å². The van der Waals surface area contributed by atoms with Crippen molar-refractivity contribution >= 4 is 12.6 Å². The van der Waals surface area contributed by atoms with Gasteiger partial charge in [-0.3, -0.25) is 0 Å². The van der Waals surface area contributed by atoms with Gasteiger partial charge in [-0.15, -0.1) is 12.6 Å². The number of hydrogen-bond acceptors (Lipinski definition) is 1. The molecule has 0 radical (unpaired) electrons. The van der Waals surface area contributed by atoms with Gasteiger partial charge in [0.25, 0.3) is 0 Å². The van der Waals surface area contributed by atoms with E-state index in [-0.39, 0.29) is 20.3 Å². The molecule has 0 atom stereocenters. The zero-order valence-corrected chi connectivity index (χ0v) is 8.23. The standard InChI is InChI=1S/C9H12S.Li.H/c1-7(2)8-5-3-4-6-9(8)10;;/h3-7,10H,1-2H3;;/q;+1;-1. The average molecular weight is 160 g/mol. The van der Waals surface area contributed by atoms with Gasteiger partial charge in [0, 0.05) is 4.90 Å². The Morgan fingerprint density at radius 1 is 1.27 bits per heavy atom. The van der Waals surface area contributed by atoms with Crippen LogP contribution < -0.4 is 18.9 Å². The van der Waals surface area contributed by atoms with Crippen LogP contribution in [0.15, 0.2) is 29.2 Å². The number of hydrogen-bond donors (Lipinski definition) is 1. The summed E-state index contributed by atoms with van der Waals surface area (Å²) >= 11 is 4.34. The van der Waals surface area contributed by atoms with Crippen molar-refractivity contribution in [2.45, 2.75) is 24.7 Å². The Kier molecular flexibility index (Phi) is 5.00. The first kappa shape index (κ1) is 11.2. The molecule has 0 spiro atoms. The van der Waals surface area contributed by atoms with Gasteiger partial charge in [0.2, 0.25) is 0 Å². The van der Waals surface area contributed by atoms with E-state index in [1.54, 1.807) is 0 Å². The third-order valence-electron chi connectivity index (χ3n) is 1.56. The van der Waals surface area contributed by atoms with Crippen LogP contribution in [0.25, 0.3) is 0 Å². The zero-order chi connectivity index (χ0) is 7.56. The van der Waals surface area contributed by atoms with Crippen molar-refractivity contribution < 1.29 is 20.3 Å². The maximum absolute atomic E-state index is 4.34. The second-order valence-electron chi connectivity index (χ2n) is 2.71. The predicted molar refractivity (Wildman–Crippen MR) is 48.9 cm³/mol. The van der Waals surface area contributed by atoms with Crippen molar-refractivity contribution in [3.05, 3.63) is 29.8 Å². The fourth-order valence-electron chi connectivity index (χ4n) is 0.976. The topological polar surface area (TPSA) is 0 Å². The monoisotopic (exact) mass is 160 g/mol. The summed E-state index contributed by atoms with van der Waals surface area (Å²) in [5, 5.41) is 0. The number of rotatable bonds is 1. The molecule has 0 saturated heterocycles. The molecule has 1 rings (SSSR count). The van der Waals surface area contributed by atoms with Gasteiger partial charge in [0.1, 0.15) is 0 Å². The molecule has 0 unspecified atom stereocenters. The quantitative estimate of drug-likeness (QED) is 0.441. The van der Waals surface area contributed by atoms with Crippen molar-refractivity contribution in [1.29, 1.82) is 0 Å². The van der Waals surface area contributed by atoms with Crippen LogP contribution in [0.4, 0.5) is 0 Å². The smallest absolute Gasteiger partial charge is 1.00 e. The summed E-state index contributed by atoms with van der Waals surface area (Å²) in [6.07, 6.45) is 0. The van der Waals surface area contributed by atoms with Crippen molar-refractivity contribution in [3.63, 3.8) is 0 Å². The Labute approximate surface area is 87.5 Å². The molecule has 0 bridgehead atoms. The summed E-state index contributed by atoms with van der Waals surface area (Å²) in [4.78, 5) is 1.09. The molecule has 0 fully saturated rings. The van der Waals surface area contributed by atoms with Crippen LogP contribution in [0.1, 0.15) is 26.8 Å². The van der Waals surface area contributed by atoms with E-state index in [9.17, 15) is 0 Å². The van der Waals surface area contributed by atoms with E-state index in [1.807, 2.05) is 12.1 Å². The minimum absolute atomic E-state index is 0. The minimum Gasteiger partial charge on any atom is -1.00 e. The molecule has 0 aliphatic heterocycles. The van der Waals surface area contributed by atoms with Crippen LogP contribution in [0.3, 0.4) is 0 Å². The summed E-state index contributed by atoms with van der Waals surface area (Å²) in [5.74, 6) is 0.577. The van der Waals surface area contributed by atoms with Crippen LogP contribution in [0, 0.1) is 0 Å². The van der Waals surface area contributed by atoms with E-state index in [4.69, 9.17) is 0 Å². The molecule has 0 saturated carbocycles. The number of benzene rings is 1. The van der Waals surface area contributed by atoms with Crippen molar-refractivity contribution in [2.75, 3.05) is 0 Å². The average Bonchev–Trinajstić information content (AvgIpc) is 1.88. The van der Waals surface area contributed by atoms with Crippen LogP contribution in [0.2, 0.25) is 0 Å². The summed E-state index contributed by atoms with van der Waals surface area (Å²) in [6, 6.07) is 8.20. The fraction of sp³-hybridized carbons (Fsp3) is 0.333. The van der Waals surface area contributed by atoms with E-state index in [2.05, 4.69) is 38.6 Å². The predicted octanol–water partition coefficient (Wildman–Crippen LogP) is 0.215. The molecule has 1 aromatic carbocycles. The van der Waals surface area contributed by atoms with E-state index < -0.39 is 0 Å². The van der Waals surface area contributed by atoms with Gasteiger partial charge in [-0.25, -0.2) is 0 Å². The first-order chi connectivity index (χ1) is 4.72. The Morgan fingerprint density at radius 3 is 2.18 bits per heavy atom. The first-order valence-corrected chi connectivity index (χ1v) is 3.94. The summed E-state index contributed by atoms with van der Waals surface area (Å²) in [5.41, 5.74) is 1.32. The summed E-state index contributed by atoms with van der Waals surface area (Å²) in [6.45, 7) is 4.35. The van der Waals surface area contributed by atoms with Gasteiger partial charge in [0.15, 0.2) is 0 Å². The molecule has 0 aliphatic carbocycles. The van der Waals surface area contributed by atoms with E-state index in [1.165, 1.54) is 5.56 Å². The Morgan fingerprint density at radius 2 is 1.82 bits per heavy atom. The molecule has 0 N–H and O–H groups in total. The molecule has 0 nitrogen and oxygen atoms in total. The van der Waals surface area contributed by atoms with Gasteiger partial charge >= 0.3 is 18.9 Å². The van der Waals surface area contributed by atoms with Crippen LogP contribution in [-0.4, -0.2) is 0 Å². The third kappa shape index (κ3) is 2.95. The normalized spacial score (nSPS) is 9.45. The largest absolute Gasteiger partial charge is 1.00 e. The second-order valence-corrected chi connectivity index (χ2v) is 3.20.